The Hall–Kier alpha value is -1.37. The summed E-state index contributed by atoms with van der Waals surface area (Å²) in [6, 6.07) is 2.56. The second kappa shape index (κ2) is 6.17. The Morgan fingerprint density at radius 3 is 2.46 bits per heavy atom. The van der Waals surface area contributed by atoms with Crippen molar-refractivity contribution >= 4 is 17.4 Å². The Morgan fingerprint density at radius 2 is 1.88 bits per heavy atom. The van der Waals surface area contributed by atoms with Crippen LogP contribution in [0.2, 0.25) is 5.15 Å². The van der Waals surface area contributed by atoms with Gasteiger partial charge in [0.15, 0.2) is 10.9 Å². The standard InChI is InChI=1S/C16H16ClF4NO2/c17-12-11(24-14(18)19)4-3-10(22-12)9-7-15(5-1-2-6-15)13(23)16(20,21)8-9/h3-4,9,14H,1-2,5-8H2. The average Bonchev–Trinajstić information content (AvgIpc) is 2.95. The largest absolute Gasteiger partial charge is 0.432 e. The van der Waals surface area contributed by atoms with E-state index in [9.17, 15) is 22.4 Å². The van der Waals surface area contributed by atoms with Crippen LogP contribution in [0.5, 0.6) is 5.75 Å². The monoisotopic (exact) mass is 365 g/mol. The van der Waals surface area contributed by atoms with E-state index in [1.54, 1.807) is 0 Å². The molecule has 3 nitrogen and oxygen atoms in total. The molecular formula is C16H16ClF4NO2. The van der Waals surface area contributed by atoms with E-state index in [0.717, 1.165) is 12.8 Å². The second-order valence-corrected chi connectivity index (χ2v) is 6.89. The van der Waals surface area contributed by atoms with Crippen LogP contribution in [-0.2, 0) is 4.79 Å². The molecular weight excluding hydrogens is 350 g/mol. The number of nitrogens with zero attached hydrogens (tertiary/aromatic N) is 1. The van der Waals surface area contributed by atoms with Gasteiger partial charge in [0.05, 0.1) is 0 Å². The quantitative estimate of drug-likeness (QED) is 0.560. The maximum absolute atomic E-state index is 14.2. The summed E-state index contributed by atoms with van der Waals surface area (Å²) in [6.07, 6.45) is 2.08. The number of hydrogen-bond donors (Lipinski definition) is 0. The zero-order valence-corrected chi connectivity index (χ0v) is 13.5. The lowest BCUT2D eigenvalue weighted by Crippen LogP contribution is -2.48. The third-order valence-electron chi connectivity index (χ3n) is 4.98. The molecule has 2 aliphatic rings. The van der Waals surface area contributed by atoms with Crippen molar-refractivity contribution in [2.75, 3.05) is 0 Å². The van der Waals surface area contributed by atoms with Gasteiger partial charge in [-0.1, -0.05) is 24.4 Å². The Labute approximate surface area is 141 Å². The first-order chi connectivity index (χ1) is 11.2. The minimum absolute atomic E-state index is 0.278. The van der Waals surface area contributed by atoms with Crippen molar-refractivity contribution in [3.05, 3.63) is 23.0 Å². The number of hydrogen-bond acceptors (Lipinski definition) is 3. The fourth-order valence-corrected chi connectivity index (χ4v) is 4.17. The van der Waals surface area contributed by atoms with Crippen molar-refractivity contribution in [1.29, 1.82) is 0 Å². The van der Waals surface area contributed by atoms with E-state index in [2.05, 4.69) is 9.72 Å². The molecule has 1 atom stereocenters. The molecule has 0 bridgehead atoms. The van der Waals surface area contributed by atoms with E-state index in [1.165, 1.54) is 12.1 Å². The SMILES string of the molecule is O=C1C(F)(F)CC(c2ccc(OC(F)F)c(Cl)n2)CC12CCCC2. The fraction of sp³-hybridized carbons (Fsp3) is 0.625. The highest BCUT2D eigenvalue weighted by atomic mass is 35.5. The third-order valence-corrected chi connectivity index (χ3v) is 5.26. The summed E-state index contributed by atoms with van der Waals surface area (Å²) in [5, 5.41) is -0.298. The molecule has 132 valence electrons. The summed E-state index contributed by atoms with van der Waals surface area (Å²) < 4.78 is 57.2. The minimum atomic E-state index is -3.40. The zero-order chi connectivity index (χ0) is 17.5. The van der Waals surface area contributed by atoms with Gasteiger partial charge in [-0.3, -0.25) is 4.79 Å². The Morgan fingerprint density at radius 1 is 1.21 bits per heavy atom. The predicted molar refractivity (Wildman–Crippen MR) is 78.7 cm³/mol. The molecule has 0 radical (unpaired) electrons. The minimum Gasteiger partial charge on any atom is -0.432 e. The number of ether oxygens (including phenoxy) is 1. The lowest BCUT2D eigenvalue weighted by molar-refractivity contribution is -0.162. The molecule has 0 aromatic carbocycles. The molecule has 0 saturated heterocycles. The van der Waals surface area contributed by atoms with Gasteiger partial charge in [0, 0.05) is 23.4 Å². The Balaban J connectivity index is 1.89. The van der Waals surface area contributed by atoms with Gasteiger partial charge in [0.25, 0.3) is 0 Å². The number of carbonyl (C=O) groups excluding carboxylic acids is 1. The van der Waals surface area contributed by atoms with Gasteiger partial charge in [0.1, 0.15) is 0 Å². The molecule has 1 heterocycles. The molecule has 8 heteroatoms. The van der Waals surface area contributed by atoms with Gasteiger partial charge >= 0.3 is 12.5 Å². The normalized spacial score (nSPS) is 25.4. The number of pyridine rings is 1. The summed E-state index contributed by atoms with van der Waals surface area (Å²) in [4.78, 5) is 16.1. The van der Waals surface area contributed by atoms with E-state index >= 15 is 0 Å². The van der Waals surface area contributed by atoms with Crippen LogP contribution in [0.3, 0.4) is 0 Å². The van der Waals surface area contributed by atoms with Crippen LogP contribution in [-0.4, -0.2) is 23.3 Å². The van der Waals surface area contributed by atoms with Crippen LogP contribution < -0.4 is 4.74 Å². The van der Waals surface area contributed by atoms with E-state index < -0.39 is 36.1 Å². The number of aromatic nitrogens is 1. The Kier molecular flexibility index (Phi) is 4.49. The summed E-state index contributed by atoms with van der Waals surface area (Å²) >= 11 is 5.82. The first-order valence-corrected chi connectivity index (χ1v) is 8.15. The van der Waals surface area contributed by atoms with E-state index in [4.69, 9.17) is 11.6 Å². The smallest absolute Gasteiger partial charge is 0.387 e. The van der Waals surface area contributed by atoms with Crippen LogP contribution in [0.25, 0.3) is 0 Å². The number of rotatable bonds is 3. The molecule has 3 rings (SSSR count). The maximum Gasteiger partial charge on any atom is 0.387 e. The molecule has 1 aromatic heterocycles. The molecule has 0 amide bonds. The van der Waals surface area contributed by atoms with Crippen molar-refractivity contribution in [3.8, 4) is 5.75 Å². The van der Waals surface area contributed by atoms with Gasteiger partial charge in [-0.25, -0.2) is 4.98 Å². The summed E-state index contributed by atoms with van der Waals surface area (Å²) in [5.41, 5.74) is -0.723. The lowest BCUT2D eigenvalue weighted by atomic mass is 9.65. The van der Waals surface area contributed by atoms with Gasteiger partial charge in [-0.15, -0.1) is 0 Å². The molecule has 1 spiro atoms. The lowest BCUT2D eigenvalue weighted by Gasteiger charge is -2.40. The van der Waals surface area contributed by atoms with Gasteiger partial charge in [-0.2, -0.15) is 17.6 Å². The van der Waals surface area contributed by atoms with Crippen molar-refractivity contribution in [2.24, 2.45) is 5.41 Å². The van der Waals surface area contributed by atoms with Gasteiger partial charge < -0.3 is 4.74 Å². The number of halogens is 5. The van der Waals surface area contributed by atoms with Crippen molar-refractivity contribution in [1.82, 2.24) is 4.98 Å². The highest BCUT2D eigenvalue weighted by molar-refractivity contribution is 6.30. The fourth-order valence-electron chi connectivity index (χ4n) is 3.97. The summed E-state index contributed by atoms with van der Waals surface area (Å²) in [5.74, 6) is -5.31. The Bertz CT molecular complexity index is 647. The van der Waals surface area contributed by atoms with Crippen molar-refractivity contribution in [2.45, 2.75) is 57.0 Å². The van der Waals surface area contributed by atoms with Gasteiger partial charge in [0.2, 0.25) is 5.78 Å². The average molecular weight is 366 g/mol. The number of Topliss-reactive ketones (excluding diaryl/α,β-unsaturated/α-hetero) is 1. The van der Waals surface area contributed by atoms with Crippen LogP contribution in [0.1, 0.15) is 50.1 Å². The van der Waals surface area contributed by atoms with E-state index in [1.807, 2.05) is 0 Å². The predicted octanol–water partition coefficient (Wildman–Crippen LogP) is 4.98. The van der Waals surface area contributed by atoms with Crippen molar-refractivity contribution in [3.63, 3.8) is 0 Å². The molecule has 2 aliphatic carbocycles. The second-order valence-electron chi connectivity index (χ2n) is 6.53. The van der Waals surface area contributed by atoms with Crippen LogP contribution in [0.15, 0.2) is 12.1 Å². The molecule has 2 fully saturated rings. The zero-order valence-electron chi connectivity index (χ0n) is 12.7. The molecule has 0 aliphatic heterocycles. The first kappa shape index (κ1) is 17.5. The molecule has 0 N–H and O–H groups in total. The topological polar surface area (TPSA) is 39.2 Å². The molecule has 1 aromatic rings. The summed E-state index contributed by atoms with van der Waals surface area (Å²) in [7, 11) is 0. The van der Waals surface area contributed by atoms with E-state index in [0.29, 0.717) is 19.3 Å². The molecule has 24 heavy (non-hydrogen) atoms. The first-order valence-electron chi connectivity index (χ1n) is 7.77. The van der Waals surface area contributed by atoms with Crippen LogP contribution in [0.4, 0.5) is 17.6 Å². The number of ketones is 1. The van der Waals surface area contributed by atoms with E-state index in [-0.39, 0.29) is 16.6 Å². The highest BCUT2D eigenvalue weighted by Crippen LogP contribution is 2.55. The van der Waals surface area contributed by atoms with Gasteiger partial charge in [-0.05, 0) is 31.4 Å². The third kappa shape index (κ3) is 3.10. The molecule has 1 unspecified atom stereocenters. The van der Waals surface area contributed by atoms with Crippen LogP contribution in [0, 0.1) is 5.41 Å². The van der Waals surface area contributed by atoms with Crippen molar-refractivity contribution < 1.29 is 27.1 Å². The highest BCUT2D eigenvalue weighted by Gasteiger charge is 2.58. The van der Waals surface area contributed by atoms with Crippen LogP contribution >= 0.6 is 11.6 Å². The number of carbonyl (C=O) groups is 1. The number of alkyl halides is 4. The maximum atomic E-state index is 14.2. The summed E-state index contributed by atoms with van der Waals surface area (Å²) in [6.45, 7) is -3.05. The molecule has 2 saturated carbocycles.